The molecule has 1 aliphatic carbocycles. The fourth-order valence-electron chi connectivity index (χ4n) is 5.32. The highest BCUT2D eigenvalue weighted by molar-refractivity contribution is 5.93. The van der Waals surface area contributed by atoms with E-state index in [9.17, 15) is 9.59 Å². The summed E-state index contributed by atoms with van der Waals surface area (Å²) in [6.07, 6.45) is 6.24. The maximum atomic E-state index is 13.3. The minimum atomic E-state index is -0.245. The van der Waals surface area contributed by atoms with E-state index in [4.69, 9.17) is 0 Å². The van der Waals surface area contributed by atoms with Crippen LogP contribution in [0.1, 0.15) is 63.0 Å². The normalized spacial score (nSPS) is 25.3. The van der Waals surface area contributed by atoms with Crippen LogP contribution in [0.3, 0.4) is 0 Å². The van der Waals surface area contributed by atoms with E-state index in [-0.39, 0.29) is 29.8 Å². The third kappa shape index (κ3) is 6.16. The van der Waals surface area contributed by atoms with Crippen molar-refractivity contribution < 1.29 is 9.59 Å². The van der Waals surface area contributed by atoms with Crippen molar-refractivity contribution in [3.8, 4) is 0 Å². The number of carbonyl (C=O) groups excluding carboxylic acids is 2. The number of anilines is 1. The molecular formula is C28H37N3O2. The molecule has 4 atom stereocenters. The maximum absolute atomic E-state index is 13.3. The Hall–Kier alpha value is -2.82. The molecule has 5 nitrogen and oxygen atoms in total. The van der Waals surface area contributed by atoms with Crippen molar-refractivity contribution in [2.75, 3.05) is 18.4 Å². The van der Waals surface area contributed by atoms with E-state index in [0.717, 1.165) is 31.4 Å². The lowest BCUT2D eigenvalue weighted by Gasteiger charge is -2.39. The highest BCUT2D eigenvalue weighted by atomic mass is 16.2. The van der Waals surface area contributed by atoms with Crippen molar-refractivity contribution in [3.63, 3.8) is 0 Å². The Morgan fingerprint density at radius 3 is 2.42 bits per heavy atom. The van der Waals surface area contributed by atoms with Crippen LogP contribution in [0, 0.1) is 11.8 Å². The van der Waals surface area contributed by atoms with E-state index >= 15 is 0 Å². The second-order valence-corrected chi connectivity index (χ2v) is 9.90. The van der Waals surface area contributed by atoms with Crippen LogP contribution >= 0.6 is 0 Å². The quantitative estimate of drug-likeness (QED) is 0.628. The van der Waals surface area contributed by atoms with Crippen LogP contribution in [0.5, 0.6) is 0 Å². The van der Waals surface area contributed by atoms with E-state index in [1.165, 1.54) is 24.0 Å². The van der Waals surface area contributed by atoms with Gasteiger partial charge in [0.15, 0.2) is 0 Å². The summed E-state index contributed by atoms with van der Waals surface area (Å²) in [5.74, 6) is 0.540. The molecule has 0 radical (unpaired) electrons. The first-order valence-electron chi connectivity index (χ1n) is 12.5. The Labute approximate surface area is 197 Å². The Morgan fingerprint density at radius 2 is 1.73 bits per heavy atom. The van der Waals surface area contributed by atoms with Gasteiger partial charge in [-0.1, -0.05) is 69.2 Å². The lowest BCUT2D eigenvalue weighted by Crippen LogP contribution is -2.52. The summed E-state index contributed by atoms with van der Waals surface area (Å²) in [4.78, 5) is 28.3. The number of carbonyl (C=O) groups is 2. The fraction of sp³-hybridized carbons (Fsp3) is 0.500. The number of urea groups is 1. The van der Waals surface area contributed by atoms with Crippen molar-refractivity contribution >= 4 is 17.6 Å². The summed E-state index contributed by atoms with van der Waals surface area (Å²) < 4.78 is 0. The van der Waals surface area contributed by atoms with Crippen LogP contribution in [0.2, 0.25) is 0 Å². The van der Waals surface area contributed by atoms with Crippen molar-refractivity contribution in [1.82, 2.24) is 10.2 Å². The monoisotopic (exact) mass is 447 g/mol. The molecule has 1 heterocycles. The van der Waals surface area contributed by atoms with Gasteiger partial charge in [-0.2, -0.15) is 0 Å². The van der Waals surface area contributed by atoms with Gasteiger partial charge in [0, 0.05) is 30.7 Å². The van der Waals surface area contributed by atoms with E-state index in [1.54, 1.807) is 0 Å². The predicted molar refractivity (Wildman–Crippen MR) is 133 cm³/mol. The zero-order chi connectivity index (χ0) is 23.2. The third-order valence-electron chi connectivity index (χ3n) is 7.27. The first-order chi connectivity index (χ1) is 16.0. The van der Waals surface area contributed by atoms with Crippen molar-refractivity contribution in [1.29, 1.82) is 0 Å². The second-order valence-electron chi connectivity index (χ2n) is 9.90. The molecule has 2 fully saturated rings. The number of benzene rings is 2. The molecule has 0 spiro atoms. The molecule has 3 amide bonds. The summed E-state index contributed by atoms with van der Waals surface area (Å²) in [5.41, 5.74) is 3.30. The van der Waals surface area contributed by atoms with Crippen molar-refractivity contribution in [2.45, 2.75) is 64.3 Å². The van der Waals surface area contributed by atoms with Crippen LogP contribution in [-0.2, 0) is 11.2 Å². The van der Waals surface area contributed by atoms with Gasteiger partial charge in [-0.3, -0.25) is 4.79 Å². The zero-order valence-corrected chi connectivity index (χ0v) is 19.9. The van der Waals surface area contributed by atoms with Gasteiger partial charge < -0.3 is 15.5 Å². The minimum Gasteiger partial charge on any atom is -0.335 e. The molecule has 1 saturated heterocycles. The minimum absolute atomic E-state index is 0.0137. The Balaban J connectivity index is 1.49. The number of nitrogens with one attached hydrogen (secondary N) is 2. The molecule has 0 bridgehead atoms. The zero-order valence-electron chi connectivity index (χ0n) is 19.9. The van der Waals surface area contributed by atoms with Crippen LogP contribution in [-0.4, -0.2) is 36.0 Å². The van der Waals surface area contributed by atoms with Gasteiger partial charge in [-0.15, -0.1) is 0 Å². The predicted octanol–water partition coefficient (Wildman–Crippen LogP) is 5.58. The number of piperidine rings is 1. The average molecular weight is 448 g/mol. The molecule has 5 heteroatoms. The molecule has 2 aromatic rings. The molecule has 1 saturated carbocycles. The fourth-order valence-corrected chi connectivity index (χ4v) is 5.32. The average Bonchev–Trinajstić information content (AvgIpc) is 2.84. The van der Waals surface area contributed by atoms with Gasteiger partial charge in [0.05, 0.1) is 5.92 Å². The van der Waals surface area contributed by atoms with Gasteiger partial charge in [-0.25, -0.2) is 4.79 Å². The third-order valence-corrected chi connectivity index (χ3v) is 7.27. The molecule has 33 heavy (non-hydrogen) atoms. The molecule has 2 aliphatic rings. The van der Waals surface area contributed by atoms with Crippen LogP contribution in [0.15, 0.2) is 54.6 Å². The lowest BCUT2D eigenvalue weighted by molar-refractivity contribution is -0.121. The molecule has 176 valence electrons. The smallest absolute Gasteiger partial charge is 0.317 e. The number of nitrogens with zero attached hydrogens (tertiary/aromatic N) is 1. The van der Waals surface area contributed by atoms with Gasteiger partial charge in [0.2, 0.25) is 5.91 Å². The highest BCUT2D eigenvalue weighted by Crippen LogP contribution is 2.32. The van der Waals surface area contributed by atoms with Crippen molar-refractivity contribution in [3.05, 3.63) is 65.7 Å². The van der Waals surface area contributed by atoms with E-state index in [0.29, 0.717) is 19.0 Å². The summed E-state index contributed by atoms with van der Waals surface area (Å²) in [6.45, 7) is 5.52. The highest BCUT2D eigenvalue weighted by Gasteiger charge is 2.35. The van der Waals surface area contributed by atoms with E-state index in [1.807, 2.05) is 35.2 Å². The standard InChI is InChI=1S/C28H37N3O2/c1-3-21-12-14-22(15-13-21)23-17-24(27(32)29-25-9-5-4-6-10-25)19-31(18-23)28(33)30-26-11-7-8-20(2)16-26/h4-6,9-10,12-15,20,23-24,26H,3,7-8,11,16-19H2,1-2H3,(H,29,32)(H,30,33). The lowest BCUT2D eigenvalue weighted by atomic mass is 9.83. The number of hydrogen-bond acceptors (Lipinski definition) is 2. The molecule has 4 unspecified atom stereocenters. The SMILES string of the molecule is CCc1ccc(C2CC(C(=O)Nc3ccccc3)CN(C(=O)NC3CCCC(C)C3)C2)cc1. The Bertz CT molecular complexity index is 928. The number of likely N-dealkylation sites (tertiary alicyclic amines) is 1. The summed E-state index contributed by atoms with van der Waals surface area (Å²) >= 11 is 0. The first-order valence-corrected chi connectivity index (χ1v) is 12.5. The number of amides is 3. The number of para-hydroxylation sites is 1. The first kappa shape index (κ1) is 23.3. The van der Waals surface area contributed by atoms with E-state index in [2.05, 4.69) is 48.7 Å². The number of rotatable bonds is 5. The molecule has 4 rings (SSSR count). The Morgan fingerprint density at radius 1 is 0.970 bits per heavy atom. The summed E-state index contributed by atoms with van der Waals surface area (Å²) in [5, 5.41) is 6.32. The largest absolute Gasteiger partial charge is 0.335 e. The molecule has 0 aromatic heterocycles. The number of aryl methyl sites for hydroxylation is 1. The number of hydrogen-bond donors (Lipinski definition) is 2. The Kier molecular flexibility index (Phi) is 7.69. The van der Waals surface area contributed by atoms with Gasteiger partial charge in [0.1, 0.15) is 0 Å². The van der Waals surface area contributed by atoms with Gasteiger partial charge in [0.25, 0.3) is 0 Å². The van der Waals surface area contributed by atoms with Crippen LogP contribution in [0.25, 0.3) is 0 Å². The summed E-state index contributed by atoms with van der Waals surface area (Å²) in [6, 6.07) is 18.4. The van der Waals surface area contributed by atoms with E-state index < -0.39 is 0 Å². The molecule has 1 aliphatic heterocycles. The van der Waals surface area contributed by atoms with Gasteiger partial charge in [-0.05, 0) is 54.9 Å². The molecule has 2 aromatic carbocycles. The summed E-state index contributed by atoms with van der Waals surface area (Å²) in [7, 11) is 0. The van der Waals surface area contributed by atoms with Crippen molar-refractivity contribution in [2.24, 2.45) is 11.8 Å². The molecular weight excluding hydrogens is 410 g/mol. The second kappa shape index (κ2) is 10.9. The van der Waals surface area contributed by atoms with Gasteiger partial charge >= 0.3 is 6.03 Å². The maximum Gasteiger partial charge on any atom is 0.317 e. The molecule has 2 N–H and O–H groups in total. The van der Waals surface area contributed by atoms with Crippen LogP contribution in [0.4, 0.5) is 10.5 Å². The van der Waals surface area contributed by atoms with Crippen LogP contribution < -0.4 is 10.6 Å². The topological polar surface area (TPSA) is 61.4 Å².